The summed E-state index contributed by atoms with van der Waals surface area (Å²) in [5.41, 5.74) is 1.23. The highest BCUT2D eigenvalue weighted by Gasteiger charge is 2.53. The average Bonchev–Trinajstić information content (AvgIpc) is 3.13. The van der Waals surface area contributed by atoms with Gasteiger partial charge in [-0.3, -0.25) is 4.90 Å². The summed E-state index contributed by atoms with van der Waals surface area (Å²) in [6.45, 7) is -0.192. The Bertz CT molecular complexity index is 877. The molecule has 140 valence electrons. The monoisotopic (exact) mass is 373 g/mol. The van der Waals surface area contributed by atoms with Gasteiger partial charge in [-0.05, 0) is 16.7 Å². The third-order valence-corrected chi connectivity index (χ3v) is 5.09. The van der Waals surface area contributed by atoms with Crippen LogP contribution in [0.15, 0.2) is 91.0 Å². The zero-order valence-electron chi connectivity index (χ0n) is 15.1. The lowest BCUT2D eigenvalue weighted by atomic mass is 9.75. The highest BCUT2D eigenvalue weighted by atomic mass is 16.6. The van der Waals surface area contributed by atoms with Crippen molar-refractivity contribution in [3.05, 3.63) is 108 Å². The number of carboxylic acid groups (broad SMARTS) is 1. The van der Waals surface area contributed by atoms with Gasteiger partial charge >= 0.3 is 12.1 Å². The highest BCUT2D eigenvalue weighted by Crippen LogP contribution is 2.45. The number of carboxylic acids is 1. The molecule has 3 aromatic carbocycles. The molecule has 0 bridgehead atoms. The molecule has 0 aliphatic carbocycles. The fourth-order valence-electron chi connectivity index (χ4n) is 3.93. The first-order valence-corrected chi connectivity index (χ1v) is 9.01. The maximum atomic E-state index is 12.9. The highest BCUT2D eigenvalue weighted by molar-refractivity contribution is 5.85. The molecule has 1 heterocycles. The fraction of sp³-hybridized carbons (Fsp3) is 0.130. The Hall–Kier alpha value is -3.60. The molecular formula is C23H19NO4. The number of amides is 1. The third kappa shape index (κ3) is 2.72. The molecule has 0 radical (unpaired) electrons. The van der Waals surface area contributed by atoms with Crippen molar-refractivity contribution in [2.45, 2.75) is 11.6 Å². The van der Waals surface area contributed by atoms with Gasteiger partial charge in [0.05, 0.1) is 0 Å². The zero-order chi connectivity index (χ0) is 19.6. The van der Waals surface area contributed by atoms with Gasteiger partial charge in [-0.2, -0.15) is 0 Å². The maximum Gasteiger partial charge on any atom is 0.412 e. The summed E-state index contributed by atoms with van der Waals surface area (Å²) < 4.78 is 5.22. The first-order valence-electron chi connectivity index (χ1n) is 9.01. The lowest BCUT2D eigenvalue weighted by Gasteiger charge is -2.43. The van der Waals surface area contributed by atoms with Gasteiger partial charge in [-0.25, -0.2) is 9.59 Å². The minimum Gasteiger partial charge on any atom is -0.480 e. The van der Waals surface area contributed by atoms with E-state index in [1.807, 2.05) is 91.0 Å². The Morgan fingerprint density at radius 3 is 1.57 bits per heavy atom. The van der Waals surface area contributed by atoms with Crippen LogP contribution in [0.4, 0.5) is 4.79 Å². The molecule has 5 heteroatoms. The standard InChI is InChI=1S/C23H19NO4/c25-21(26)20-16-28-22(27)24(20)23(17-10-4-1-5-11-17,18-12-6-2-7-13-18)19-14-8-3-9-15-19/h1-15,20H,16H2,(H,25,26)/t20-/m1/s1. The van der Waals surface area contributed by atoms with Gasteiger partial charge in [0.1, 0.15) is 12.1 Å². The second-order valence-electron chi connectivity index (χ2n) is 6.61. The normalized spacial score (nSPS) is 16.6. The van der Waals surface area contributed by atoms with Crippen LogP contribution in [0.3, 0.4) is 0 Å². The second-order valence-corrected chi connectivity index (χ2v) is 6.61. The van der Waals surface area contributed by atoms with Crippen LogP contribution in [-0.2, 0) is 15.1 Å². The Balaban J connectivity index is 2.10. The number of carbonyl (C=O) groups is 2. The lowest BCUT2D eigenvalue weighted by Crippen LogP contribution is -2.54. The van der Waals surface area contributed by atoms with Crippen LogP contribution in [0.2, 0.25) is 0 Å². The van der Waals surface area contributed by atoms with E-state index in [0.29, 0.717) is 0 Å². The van der Waals surface area contributed by atoms with Crippen molar-refractivity contribution in [2.24, 2.45) is 0 Å². The molecule has 1 atom stereocenters. The zero-order valence-corrected chi connectivity index (χ0v) is 15.1. The van der Waals surface area contributed by atoms with E-state index < -0.39 is 23.6 Å². The van der Waals surface area contributed by atoms with Crippen molar-refractivity contribution in [3.63, 3.8) is 0 Å². The number of nitrogens with zero attached hydrogens (tertiary/aromatic N) is 1. The van der Waals surface area contributed by atoms with Crippen molar-refractivity contribution < 1.29 is 19.4 Å². The molecule has 4 rings (SSSR count). The summed E-state index contributed by atoms with van der Waals surface area (Å²) in [6.07, 6.45) is -0.649. The minimum absolute atomic E-state index is 0.192. The van der Waals surface area contributed by atoms with Crippen LogP contribution in [0.1, 0.15) is 16.7 Å². The van der Waals surface area contributed by atoms with E-state index in [-0.39, 0.29) is 6.61 Å². The van der Waals surface area contributed by atoms with Gasteiger partial charge in [0.2, 0.25) is 0 Å². The van der Waals surface area contributed by atoms with E-state index in [4.69, 9.17) is 4.74 Å². The SMILES string of the molecule is O=C(O)[C@H]1COC(=O)N1C(c1ccccc1)(c1ccccc1)c1ccccc1. The van der Waals surface area contributed by atoms with Crippen LogP contribution < -0.4 is 0 Å². The van der Waals surface area contributed by atoms with Crippen molar-refractivity contribution in [2.75, 3.05) is 6.61 Å². The number of benzene rings is 3. The number of ether oxygens (including phenoxy) is 1. The topological polar surface area (TPSA) is 66.8 Å². The first-order chi connectivity index (χ1) is 13.7. The molecule has 1 aliphatic heterocycles. The summed E-state index contributed by atoms with van der Waals surface area (Å²) in [5.74, 6) is -1.10. The Morgan fingerprint density at radius 1 is 0.821 bits per heavy atom. The minimum atomic E-state index is -1.14. The second kappa shape index (κ2) is 7.19. The quantitative estimate of drug-likeness (QED) is 0.689. The molecule has 0 saturated carbocycles. The molecular weight excluding hydrogens is 354 g/mol. The van der Waals surface area contributed by atoms with Crippen LogP contribution in [0.25, 0.3) is 0 Å². The fourth-order valence-corrected chi connectivity index (χ4v) is 3.93. The summed E-state index contributed by atoms with van der Waals surface area (Å²) in [5, 5.41) is 9.83. The van der Waals surface area contributed by atoms with Crippen LogP contribution in [0.5, 0.6) is 0 Å². The van der Waals surface area contributed by atoms with Crippen molar-refractivity contribution in [1.29, 1.82) is 0 Å². The Morgan fingerprint density at radius 2 is 1.21 bits per heavy atom. The molecule has 5 nitrogen and oxygen atoms in total. The smallest absolute Gasteiger partial charge is 0.412 e. The van der Waals surface area contributed by atoms with Crippen molar-refractivity contribution >= 4 is 12.1 Å². The van der Waals surface area contributed by atoms with E-state index in [1.54, 1.807) is 0 Å². The van der Waals surface area contributed by atoms with Gasteiger partial charge in [0.25, 0.3) is 0 Å². The van der Waals surface area contributed by atoms with Crippen LogP contribution >= 0.6 is 0 Å². The number of carbonyl (C=O) groups excluding carboxylic acids is 1. The van der Waals surface area contributed by atoms with E-state index >= 15 is 0 Å². The van der Waals surface area contributed by atoms with Gasteiger partial charge in [0.15, 0.2) is 6.04 Å². The van der Waals surface area contributed by atoms with Crippen molar-refractivity contribution in [3.8, 4) is 0 Å². The van der Waals surface area contributed by atoms with Crippen LogP contribution in [0, 0.1) is 0 Å². The molecule has 1 fully saturated rings. The Labute approximate surface area is 162 Å². The summed E-state index contributed by atoms with van der Waals surface area (Å²) >= 11 is 0. The number of cyclic esters (lactones) is 1. The van der Waals surface area contributed by atoms with Crippen LogP contribution in [-0.4, -0.2) is 34.7 Å². The van der Waals surface area contributed by atoms with E-state index in [0.717, 1.165) is 16.7 Å². The number of aliphatic carboxylic acids is 1. The average molecular weight is 373 g/mol. The molecule has 1 aliphatic rings. The van der Waals surface area contributed by atoms with E-state index in [2.05, 4.69) is 0 Å². The van der Waals surface area contributed by atoms with Gasteiger partial charge in [-0.1, -0.05) is 91.0 Å². The predicted octanol–water partition coefficient (Wildman–Crippen LogP) is 3.88. The third-order valence-electron chi connectivity index (χ3n) is 5.09. The number of rotatable bonds is 5. The summed E-state index contributed by atoms with van der Waals surface area (Å²) in [7, 11) is 0. The molecule has 0 spiro atoms. The number of hydrogen-bond donors (Lipinski definition) is 1. The molecule has 0 aromatic heterocycles. The molecule has 3 aromatic rings. The summed E-state index contributed by atoms with van der Waals surface area (Å²) in [4.78, 5) is 26.3. The molecule has 1 saturated heterocycles. The van der Waals surface area contributed by atoms with E-state index in [1.165, 1.54) is 4.90 Å². The van der Waals surface area contributed by atoms with Crippen molar-refractivity contribution in [1.82, 2.24) is 4.90 Å². The molecule has 1 N–H and O–H groups in total. The van der Waals surface area contributed by atoms with Gasteiger partial charge < -0.3 is 9.84 Å². The van der Waals surface area contributed by atoms with Gasteiger partial charge in [0, 0.05) is 0 Å². The summed E-state index contributed by atoms with van der Waals surface area (Å²) in [6, 6.07) is 27.3. The number of hydrogen-bond acceptors (Lipinski definition) is 3. The maximum absolute atomic E-state index is 12.9. The van der Waals surface area contributed by atoms with E-state index in [9.17, 15) is 14.7 Å². The van der Waals surface area contributed by atoms with Gasteiger partial charge in [-0.15, -0.1) is 0 Å². The molecule has 28 heavy (non-hydrogen) atoms. The lowest BCUT2D eigenvalue weighted by molar-refractivity contribution is -0.142. The largest absolute Gasteiger partial charge is 0.480 e. The Kier molecular flexibility index (Phi) is 4.57. The first kappa shape index (κ1) is 17.8. The molecule has 0 unspecified atom stereocenters. The molecule has 1 amide bonds. The predicted molar refractivity (Wildman–Crippen MR) is 104 cm³/mol.